The monoisotopic (exact) mass is 419 g/mol. The minimum absolute atomic E-state index is 0.0488. The predicted octanol–water partition coefficient (Wildman–Crippen LogP) is 5.04. The molecule has 4 nitrogen and oxygen atoms in total. The van der Waals surface area contributed by atoms with Crippen molar-refractivity contribution in [2.75, 3.05) is 19.4 Å². The van der Waals surface area contributed by atoms with Gasteiger partial charge in [0.25, 0.3) is 0 Å². The molecule has 1 N–H and O–H groups in total. The number of benzene rings is 2. The second-order valence-electron chi connectivity index (χ2n) is 7.50. The number of carbonyl (C=O) groups is 1. The summed E-state index contributed by atoms with van der Waals surface area (Å²) in [5.41, 5.74) is 1.99. The quantitative estimate of drug-likeness (QED) is 0.682. The Hall–Kier alpha value is -1.85. The lowest BCUT2D eigenvalue weighted by atomic mass is 9.93. The molecule has 28 heavy (non-hydrogen) atoms. The minimum Gasteiger partial charge on any atom is -0.497 e. The Morgan fingerprint density at radius 3 is 2.75 bits per heavy atom. The average molecular weight is 420 g/mol. The maximum atomic E-state index is 12.3. The van der Waals surface area contributed by atoms with Gasteiger partial charge in [-0.2, -0.15) is 0 Å². The van der Waals surface area contributed by atoms with Gasteiger partial charge in [-0.3, -0.25) is 4.79 Å². The van der Waals surface area contributed by atoms with E-state index < -0.39 is 0 Å². The average Bonchev–Trinajstić information content (AvgIpc) is 2.66. The fourth-order valence-corrected chi connectivity index (χ4v) is 4.73. The molecular formula is C22H26ClNO3S. The summed E-state index contributed by atoms with van der Waals surface area (Å²) in [6.07, 6.45) is 1.63. The van der Waals surface area contributed by atoms with Gasteiger partial charge in [0.1, 0.15) is 17.1 Å². The van der Waals surface area contributed by atoms with Gasteiger partial charge in [-0.05, 0) is 56.2 Å². The first kappa shape index (κ1) is 20.9. The molecule has 0 aliphatic carbocycles. The molecule has 0 aromatic heterocycles. The van der Waals surface area contributed by atoms with Crippen LogP contribution in [0.3, 0.4) is 0 Å². The fourth-order valence-electron chi connectivity index (χ4n) is 3.27. The first-order valence-electron chi connectivity index (χ1n) is 9.36. The highest BCUT2D eigenvalue weighted by Gasteiger charge is 2.34. The molecule has 150 valence electrons. The molecule has 0 fully saturated rings. The van der Waals surface area contributed by atoms with Gasteiger partial charge < -0.3 is 14.8 Å². The van der Waals surface area contributed by atoms with Crippen molar-refractivity contribution >= 4 is 29.3 Å². The van der Waals surface area contributed by atoms with E-state index in [0.717, 1.165) is 40.5 Å². The van der Waals surface area contributed by atoms with Crippen LogP contribution in [0, 0.1) is 0 Å². The smallest absolute Gasteiger partial charge is 0.230 e. The molecule has 0 unspecified atom stereocenters. The summed E-state index contributed by atoms with van der Waals surface area (Å²) in [7, 11) is 1.66. The zero-order valence-corrected chi connectivity index (χ0v) is 18.0. The third kappa shape index (κ3) is 5.58. The Kier molecular flexibility index (Phi) is 6.78. The van der Waals surface area contributed by atoms with E-state index in [2.05, 4.69) is 19.2 Å². The highest BCUT2D eigenvalue weighted by Crippen LogP contribution is 2.47. The lowest BCUT2D eigenvalue weighted by Gasteiger charge is -2.37. The van der Waals surface area contributed by atoms with Crippen molar-refractivity contribution in [2.24, 2.45) is 0 Å². The first-order chi connectivity index (χ1) is 13.4. The zero-order chi connectivity index (χ0) is 20.1. The zero-order valence-electron chi connectivity index (χ0n) is 16.5. The van der Waals surface area contributed by atoms with Crippen molar-refractivity contribution in [2.45, 2.75) is 37.5 Å². The van der Waals surface area contributed by atoms with Crippen LogP contribution < -0.4 is 14.8 Å². The number of rotatable bonds is 7. The number of hydrogen-bond donors (Lipinski definition) is 1. The lowest BCUT2D eigenvalue weighted by molar-refractivity contribution is -0.118. The summed E-state index contributed by atoms with van der Waals surface area (Å²) in [6.45, 7) is 4.78. The van der Waals surface area contributed by atoms with Crippen molar-refractivity contribution in [3.63, 3.8) is 0 Å². The molecule has 6 heteroatoms. The van der Waals surface area contributed by atoms with Gasteiger partial charge in [0.2, 0.25) is 5.91 Å². The normalized spacial score (nSPS) is 17.4. The molecule has 3 rings (SSSR count). The second-order valence-corrected chi connectivity index (χ2v) is 9.12. The van der Waals surface area contributed by atoms with Crippen LogP contribution in [0.15, 0.2) is 42.5 Å². The summed E-state index contributed by atoms with van der Waals surface area (Å²) in [5.74, 6) is 2.14. The van der Waals surface area contributed by atoms with Crippen molar-refractivity contribution < 1.29 is 14.3 Å². The summed E-state index contributed by atoms with van der Waals surface area (Å²) < 4.78 is 11.5. The topological polar surface area (TPSA) is 47.6 Å². The number of hydrogen-bond acceptors (Lipinski definition) is 4. The van der Waals surface area contributed by atoms with Gasteiger partial charge in [-0.25, -0.2) is 0 Å². The van der Waals surface area contributed by atoms with Crippen LogP contribution in [0.25, 0.3) is 0 Å². The van der Waals surface area contributed by atoms with Crippen LogP contribution in [-0.4, -0.2) is 30.9 Å². The van der Waals surface area contributed by atoms with E-state index in [0.29, 0.717) is 12.3 Å². The Morgan fingerprint density at radius 1 is 1.29 bits per heavy atom. The number of methoxy groups -OCH3 is 1. The number of amides is 1. The van der Waals surface area contributed by atoms with Gasteiger partial charge in [-0.15, -0.1) is 11.8 Å². The van der Waals surface area contributed by atoms with Crippen LogP contribution in [0.1, 0.15) is 36.6 Å². The first-order valence-corrected chi connectivity index (χ1v) is 10.8. The third-order valence-corrected chi connectivity index (χ3v) is 6.20. The minimum atomic E-state index is -0.260. The molecular weight excluding hydrogens is 394 g/mol. The fraction of sp³-hybridized carbons (Fsp3) is 0.409. The van der Waals surface area contributed by atoms with Crippen LogP contribution in [0.5, 0.6) is 11.5 Å². The Bertz CT molecular complexity index is 823. The molecule has 2 aromatic rings. The molecule has 1 aliphatic heterocycles. The van der Waals surface area contributed by atoms with Crippen LogP contribution in [0.4, 0.5) is 0 Å². The standard InChI is InChI=1S/C22H26ClNO3S/c1-22(2)13-20(18-12-17(26-3)8-9-19(18)27-22)28-14-21(25)24-11-10-15-4-6-16(23)7-5-15/h4-9,12,20H,10-11,13-14H2,1-3H3,(H,24,25)/t20-/m0/s1. The van der Waals surface area contributed by atoms with Gasteiger partial charge in [0.05, 0.1) is 12.9 Å². The van der Waals surface area contributed by atoms with Crippen LogP contribution in [-0.2, 0) is 11.2 Å². The summed E-state index contributed by atoms with van der Waals surface area (Å²) in [6, 6.07) is 13.6. The van der Waals surface area contributed by atoms with Gasteiger partial charge >= 0.3 is 0 Å². The molecule has 0 bridgehead atoms. The number of ether oxygens (including phenoxy) is 2. The summed E-state index contributed by atoms with van der Waals surface area (Å²) in [4.78, 5) is 12.3. The van der Waals surface area contributed by atoms with Crippen molar-refractivity contribution in [1.82, 2.24) is 5.32 Å². The van der Waals surface area contributed by atoms with Crippen LogP contribution in [0.2, 0.25) is 5.02 Å². The van der Waals surface area contributed by atoms with E-state index in [1.807, 2.05) is 42.5 Å². The molecule has 2 aromatic carbocycles. The number of halogens is 1. The lowest BCUT2D eigenvalue weighted by Crippen LogP contribution is -2.34. The van der Waals surface area contributed by atoms with Crippen molar-refractivity contribution in [1.29, 1.82) is 0 Å². The Labute approximate surface area is 175 Å². The van der Waals surface area contributed by atoms with E-state index in [1.54, 1.807) is 18.9 Å². The molecule has 1 amide bonds. The van der Waals surface area contributed by atoms with E-state index in [9.17, 15) is 4.79 Å². The van der Waals surface area contributed by atoms with E-state index >= 15 is 0 Å². The molecule has 0 radical (unpaired) electrons. The van der Waals surface area contributed by atoms with E-state index in [1.165, 1.54) is 0 Å². The maximum absolute atomic E-state index is 12.3. The van der Waals surface area contributed by atoms with Gasteiger partial charge in [0.15, 0.2) is 0 Å². The van der Waals surface area contributed by atoms with Crippen molar-refractivity contribution in [3.8, 4) is 11.5 Å². The summed E-state index contributed by atoms with van der Waals surface area (Å²) >= 11 is 7.55. The largest absolute Gasteiger partial charge is 0.497 e. The highest BCUT2D eigenvalue weighted by molar-refractivity contribution is 8.00. The van der Waals surface area contributed by atoms with Gasteiger partial charge in [-0.1, -0.05) is 23.7 Å². The summed E-state index contributed by atoms with van der Waals surface area (Å²) in [5, 5.41) is 3.92. The number of nitrogens with one attached hydrogen (secondary N) is 1. The Morgan fingerprint density at radius 2 is 2.04 bits per heavy atom. The predicted molar refractivity (Wildman–Crippen MR) is 116 cm³/mol. The number of thioether (sulfide) groups is 1. The molecule has 0 saturated carbocycles. The maximum Gasteiger partial charge on any atom is 0.230 e. The highest BCUT2D eigenvalue weighted by atomic mass is 35.5. The Balaban J connectivity index is 1.54. The van der Waals surface area contributed by atoms with Crippen LogP contribution >= 0.6 is 23.4 Å². The van der Waals surface area contributed by atoms with Gasteiger partial charge in [0, 0.05) is 28.8 Å². The molecule has 1 atom stereocenters. The number of carbonyl (C=O) groups excluding carboxylic acids is 1. The van der Waals surface area contributed by atoms with E-state index in [-0.39, 0.29) is 16.8 Å². The third-order valence-electron chi connectivity index (χ3n) is 4.69. The molecule has 0 saturated heterocycles. The van der Waals surface area contributed by atoms with Crippen molar-refractivity contribution in [3.05, 3.63) is 58.6 Å². The molecule has 1 heterocycles. The second kappa shape index (κ2) is 9.10. The molecule has 0 spiro atoms. The molecule has 1 aliphatic rings. The number of fused-ring (bicyclic) bond motifs is 1. The van der Waals surface area contributed by atoms with E-state index in [4.69, 9.17) is 21.1 Å². The SMILES string of the molecule is COc1ccc2c(c1)[C@@H](SCC(=O)NCCc1ccc(Cl)cc1)CC(C)(C)O2.